The molecule has 0 aliphatic carbocycles. The number of benzene rings is 1. The van der Waals surface area contributed by atoms with Crippen LogP contribution in [0.1, 0.15) is 24.8 Å². The number of likely N-dealkylation sites (tertiary alicyclic amines) is 1. The molecule has 5 nitrogen and oxygen atoms in total. The predicted molar refractivity (Wildman–Crippen MR) is 88.5 cm³/mol. The second-order valence-corrected chi connectivity index (χ2v) is 6.37. The predicted octanol–water partition coefficient (Wildman–Crippen LogP) is 2.01. The van der Waals surface area contributed by atoms with Gasteiger partial charge >= 0.3 is 0 Å². The molecule has 1 aromatic carbocycles. The Labute approximate surface area is 138 Å². The van der Waals surface area contributed by atoms with Crippen LogP contribution in [-0.4, -0.2) is 55.9 Å². The van der Waals surface area contributed by atoms with Crippen molar-refractivity contribution in [2.45, 2.75) is 26.2 Å². The van der Waals surface area contributed by atoms with Crippen LogP contribution in [0, 0.1) is 12.3 Å². The number of para-hydroxylation sites is 1. The summed E-state index contributed by atoms with van der Waals surface area (Å²) in [6.45, 7) is 3.98. The van der Waals surface area contributed by atoms with E-state index in [2.05, 4.69) is 0 Å². The highest BCUT2D eigenvalue weighted by Gasteiger charge is 2.36. The highest BCUT2D eigenvalue weighted by Crippen LogP contribution is 2.33. The molecule has 128 valence electrons. The molecule has 1 fully saturated rings. The van der Waals surface area contributed by atoms with Gasteiger partial charge in [0, 0.05) is 32.2 Å². The van der Waals surface area contributed by atoms with Crippen molar-refractivity contribution in [3.05, 3.63) is 29.8 Å². The molecule has 1 saturated heterocycles. The van der Waals surface area contributed by atoms with E-state index >= 15 is 0 Å². The maximum absolute atomic E-state index is 12.4. The number of piperidine rings is 1. The summed E-state index contributed by atoms with van der Waals surface area (Å²) < 4.78 is 10.8. The third kappa shape index (κ3) is 4.69. The summed E-state index contributed by atoms with van der Waals surface area (Å²) in [6.07, 6.45) is 2.60. The van der Waals surface area contributed by atoms with Gasteiger partial charge in [0.05, 0.1) is 6.61 Å². The SMILES string of the molecule is COCC[C@@]1(CO)CCCN(C(=O)COc2ccccc2C)C1. The molecule has 1 amide bonds. The third-order valence-corrected chi connectivity index (χ3v) is 4.63. The zero-order chi connectivity index (χ0) is 16.7. The number of carbonyl (C=O) groups is 1. The maximum Gasteiger partial charge on any atom is 0.260 e. The van der Waals surface area contributed by atoms with Gasteiger partial charge in [-0.05, 0) is 37.8 Å². The van der Waals surface area contributed by atoms with Crippen molar-refractivity contribution >= 4 is 5.91 Å². The summed E-state index contributed by atoms with van der Waals surface area (Å²) in [4.78, 5) is 14.3. The monoisotopic (exact) mass is 321 g/mol. The molecule has 0 bridgehead atoms. The van der Waals surface area contributed by atoms with Crippen LogP contribution >= 0.6 is 0 Å². The van der Waals surface area contributed by atoms with E-state index in [9.17, 15) is 9.90 Å². The van der Waals surface area contributed by atoms with Crippen LogP contribution < -0.4 is 4.74 Å². The lowest BCUT2D eigenvalue weighted by atomic mass is 9.78. The van der Waals surface area contributed by atoms with E-state index in [1.807, 2.05) is 36.1 Å². The molecule has 1 aliphatic heterocycles. The first-order valence-corrected chi connectivity index (χ1v) is 8.16. The molecular weight excluding hydrogens is 294 g/mol. The van der Waals surface area contributed by atoms with Gasteiger partial charge in [0.1, 0.15) is 5.75 Å². The number of rotatable bonds is 7. The molecule has 5 heteroatoms. The zero-order valence-electron chi connectivity index (χ0n) is 14.1. The normalized spacial score (nSPS) is 21.3. The minimum Gasteiger partial charge on any atom is -0.484 e. The lowest BCUT2D eigenvalue weighted by Gasteiger charge is -2.41. The molecule has 1 heterocycles. The fraction of sp³-hybridized carbons (Fsp3) is 0.611. The number of aryl methyl sites for hydroxylation is 1. The highest BCUT2D eigenvalue weighted by molar-refractivity contribution is 5.78. The van der Waals surface area contributed by atoms with E-state index in [-0.39, 0.29) is 24.5 Å². The van der Waals surface area contributed by atoms with Crippen LogP contribution in [0.5, 0.6) is 5.75 Å². The first-order chi connectivity index (χ1) is 11.1. The lowest BCUT2D eigenvalue weighted by Crippen LogP contribution is -2.49. The van der Waals surface area contributed by atoms with Crippen molar-refractivity contribution in [1.29, 1.82) is 0 Å². The molecule has 0 unspecified atom stereocenters. The molecule has 1 atom stereocenters. The van der Waals surface area contributed by atoms with Crippen molar-refractivity contribution < 1.29 is 19.4 Å². The molecular formula is C18H27NO4. The summed E-state index contributed by atoms with van der Waals surface area (Å²) >= 11 is 0. The van der Waals surface area contributed by atoms with Crippen LogP contribution in [0.15, 0.2) is 24.3 Å². The number of carbonyl (C=O) groups excluding carboxylic acids is 1. The molecule has 0 radical (unpaired) electrons. The Kier molecular flexibility index (Phi) is 6.42. The van der Waals surface area contributed by atoms with Crippen molar-refractivity contribution in [3.8, 4) is 5.75 Å². The second kappa shape index (κ2) is 8.31. The van der Waals surface area contributed by atoms with Crippen molar-refractivity contribution in [3.63, 3.8) is 0 Å². The molecule has 0 saturated carbocycles. The van der Waals surface area contributed by atoms with Crippen LogP contribution in [0.2, 0.25) is 0 Å². The van der Waals surface area contributed by atoms with Crippen LogP contribution in [0.3, 0.4) is 0 Å². The van der Waals surface area contributed by atoms with Crippen molar-refractivity contribution in [2.75, 3.05) is 40.0 Å². The van der Waals surface area contributed by atoms with Gasteiger partial charge in [0.15, 0.2) is 6.61 Å². The number of nitrogens with zero attached hydrogens (tertiary/aromatic N) is 1. The van der Waals surface area contributed by atoms with E-state index in [1.165, 1.54) is 0 Å². The van der Waals surface area contributed by atoms with E-state index in [0.29, 0.717) is 13.2 Å². The molecule has 23 heavy (non-hydrogen) atoms. The smallest absolute Gasteiger partial charge is 0.260 e. The average molecular weight is 321 g/mol. The number of aliphatic hydroxyl groups excluding tert-OH is 1. The number of methoxy groups -OCH3 is 1. The summed E-state index contributed by atoms with van der Waals surface area (Å²) in [7, 11) is 1.66. The quantitative estimate of drug-likeness (QED) is 0.834. The fourth-order valence-electron chi connectivity index (χ4n) is 3.10. The van der Waals surface area contributed by atoms with Gasteiger partial charge in [0.25, 0.3) is 5.91 Å². The Balaban J connectivity index is 1.92. The maximum atomic E-state index is 12.4. The molecule has 0 aromatic heterocycles. The highest BCUT2D eigenvalue weighted by atomic mass is 16.5. The Morgan fingerprint density at radius 1 is 1.39 bits per heavy atom. The van der Waals surface area contributed by atoms with Crippen LogP contribution in [-0.2, 0) is 9.53 Å². The van der Waals surface area contributed by atoms with Crippen molar-refractivity contribution in [1.82, 2.24) is 4.90 Å². The van der Waals surface area contributed by atoms with E-state index < -0.39 is 0 Å². The number of aliphatic hydroxyl groups is 1. The summed E-state index contributed by atoms with van der Waals surface area (Å²) in [5, 5.41) is 9.79. The van der Waals surface area contributed by atoms with Crippen LogP contribution in [0.4, 0.5) is 0 Å². The largest absolute Gasteiger partial charge is 0.484 e. The van der Waals surface area contributed by atoms with Crippen LogP contribution in [0.25, 0.3) is 0 Å². The Hall–Kier alpha value is -1.59. The molecule has 1 aromatic rings. The first kappa shape index (κ1) is 17.8. The third-order valence-electron chi connectivity index (χ3n) is 4.63. The summed E-state index contributed by atoms with van der Waals surface area (Å²) in [6, 6.07) is 7.67. The molecule has 1 N–H and O–H groups in total. The first-order valence-electron chi connectivity index (χ1n) is 8.16. The van der Waals surface area contributed by atoms with Gasteiger partial charge < -0.3 is 19.5 Å². The standard InChI is InChI=1S/C18H27NO4/c1-15-6-3-4-7-16(15)23-12-17(21)19-10-5-8-18(13-19,14-20)9-11-22-2/h3-4,6-7,20H,5,8-14H2,1-2H3/t18-/m0/s1. The molecule has 1 aliphatic rings. The number of hydrogen-bond donors (Lipinski definition) is 1. The Bertz CT molecular complexity index is 519. The van der Waals surface area contributed by atoms with E-state index in [1.54, 1.807) is 7.11 Å². The number of hydrogen-bond acceptors (Lipinski definition) is 4. The fourth-order valence-corrected chi connectivity index (χ4v) is 3.10. The van der Waals surface area contributed by atoms with Gasteiger partial charge in [-0.2, -0.15) is 0 Å². The summed E-state index contributed by atoms with van der Waals surface area (Å²) in [5.74, 6) is 0.717. The van der Waals surface area contributed by atoms with Gasteiger partial charge in [-0.15, -0.1) is 0 Å². The zero-order valence-corrected chi connectivity index (χ0v) is 14.1. The molecule has 0 spiro atoms. The van der Waals surface area contributed by atoms with Gasteiger partial charge in [-0.3, -0.25) is 4.79 Å². The topological polar surface area (TPSA) is 59.0 Å². The number of ether oxygens (including phenoxy) is 2. The van der Waals surface area contributed by atoms with Gasteiger partial charge in [0.2, 0.25) is 0 Å². The minimum absolute atomic E-state index is 0.0248. The van der Waals surface area contributed by atoms with E-state index in [0.717, 1.165) is 37.1 Å². The minimum atomic E-state index is -0.243. The lowest BCUT2D eigenvalue weighted by molar-refractivity contribution is -0.138. The second-order valence-electron chi connectivity index (χ2n) is 6.37. The van der Waals surface area contributed by atoms with E-state index in [4.69, 9.17) is 9.47 Å². The Morgan fingerprint density at radius 2 is 2.17 bits per heavy atom. The van der Waals surface area contributed by atoms with Gasteiger partial charge in [-0.25, -0.2) is 0 Å². The average Bonchev–Trinajstić information content (AvgIpc) is 2.59. The summed E-state index contributed by atoms with van der Waals surface area (Å²) in [5.41, 5.74) is 0.774. The number of amides is 1. The molecule has 2 rings (SSSR count). The van der Waals surface area contributed by atoms with Crippen molar-refractivity contribution in [2.24, 2.45) is 5.41 Å². The van der Waals surface area contributed by atoms with Gasteiger partial charge in [-0.1, -0.05) is 18.2 Å². The Morgan fingerprint density at radius 3 is 2.87 bits per heavy atom.